The molecular weight excluding hydrogens is 410 g/mol. The second kappa shape index (κ2) is 12.3. The van der Waals surface area contributed by atoms with Gasteiger partial charge in [0.2, 0.25) is 23.6 Å². The maximum absolute atomic E-state index is 12.4. The van der Waals surface area contributed by atoms with Gasteiger partial charge in [-0.1, -0.05) is 0 Å². The molecule has 0 aromatic heterocycles. The average Bonchev–Trinajstić information content (AvgIpc) is 2.61. The number of nitrogens with two attached hydrogens (primary N) is 2. The van der Waals surface area contributed by atoms with Gasteiger partial charge in [-0.05, 0) is 6.92 Å². The fraction of sp³-hybridized carbons (Fsp3) is 0.600. The molecule has 0 radical (unpaired) electrons. The Morgan fingerprint density at radius 3 is 1.80 bits per heavy atom. The van der Waals surface area contributed by atoms with E-state index in [0.717, 1.165) is 6.92 Å². The van der Waals surface area contributed by atoms with Crippen LogP contribution in [0.3, 0.4) is 0 Å². The van der Waals surface area contributed by atoms with E-state index in [1.807, 2.05) is 16.0 Å². The van der Waals surface area contributed by atoms with E-state index in [-0.39, 0.29) is 0 Å². The average molecular weight is 435 g/mol. The van der Waals surface area contributed by atoms with E-state index < -0.39 is 85.3 Å². The summed E-state index contributed by atoms with van der Waals surface area (Å²) in [6.07, 6.45) is -3.08. The van der Waals surface area contributed by atoms with Crippen LogP contribution in [0.4, 0.5) is 0 Å². The van der Waals surface area contributed by atoms with E-state index >= 15 is 0 Å². The Morgan fingerprint density at radius 1 is 0.867 bits per heavy atom. The van der Waals surface area contributed by atoms with Crippen LogP contribution in [0.15, 0.2) is 0 Å². The molecule has 0 saturated heterocycles. The lowest BCUT2D eigenvalue weighted by molar-refractivity contribution is -0.144. The normalized spacial score (nSPS) is 15.6. The fourth-order valence-electron chi connectivity index (χ4n) is 2.08. The van der Waals surface area contributed by atoms with Crippen LogP contribution >= 0.6 is 0 Å². The summed E-state index contributed by atoms with van der Waals surface area (Å²) in [6.45, 7) is 0.118. The molecule has 15 nitrogen and oxygen atoms in total. The molecular formula is C15H25N5O10. The molecule has 0 rings (SSSR count). The zero-order valence-electron chi connectivity index (χ0n) is 15.9. The minimum Gasteiger partial charge on any atom is -0.481 e. The van der Waals surface area contributed by atoms with E-state index in [0.29, 0.717) is 0 Å². The van der Waals surface area contributed by atoms with E-state index in [1.54, 1.807) is 0 Å². The number of carbonyl (C=O) groups is 6. The molecule has 30 heavy (non-hydrogen) atoms. The van der Waals surface area contributed by atoms with Gasteiger partial charge in [-0.2, -0.15) is 0 Å². The van der Waals surface area contributed by atoms with Gasteiger partial charge >= 0.3 is 11.9 Å². The van der Waals surface area contributed by atoms with Crippen LogP contribution in [-0.4, -0.2) is 92.9 Å². The van der Waals surface area contributed by atoms with Crippen molar-refractivity contribution in [1.29, 1.82) is 0 Å². The number of aliphatic hydroxyl groups is 2. The Balaban J connectivity index is 5.38. The van der Waals surface area contributed by atoms with Gasteiger partial charge in [0.15, 0.2) is 0 Å². The third kappa shape index (κ3) is 9.26. The van der Waals surface area contributed by atoms with Crippen LogP contribution in [0.25, 0.3) is 0 Å². The fourth-order valence-corrected chi connectivity index (χ4v) is 2.08. The van der Waals surface area contributed by atoms with Crippen molar-refractivity contribution in [3.8, 4) is 0 Å². The van der Waals surface area contributed by atoms with Crippen molar-refractivity contribution < 1.29 is 49.2 Å². The van der Waals surface area contributed by atoms with Gasteiger partial charge < -0.3 is 47.8 Å². The molecule has 5 atom stereocenters. The van der Waals surface area contributed by atoms with Crippen LogP contribution < -0.4 is 27.4 Å². The van der Waals surface area contributed by atoms with Crippen molar-refractivity contribution in [1.82, 2.24) is 16.0 Å². The smallest absolute Gasteiger partial charge is 0.328 e. The van der Waals surface area contributed by atoms with Gasteiger partial charge in [0.1, 0.15) is 18.1 Å². The summed E-state index contributed by atoms with van der Waals surface area (Å²) in [6, 6.07) is -6.67. The number of carboxylic acids is 2. The second-order valence-electron chi connectivity index (χ2n) is 6.24. The van der Waals surface area contributed by atoms with Gasteiger partial charge in [-0.3, -0.25) is 24.0 Å². The van der Waals surface area contributed by atoms with Crippen LogP contribution in [0.1, 0.15) is 19.8 Å². The van der Waals surface area contributed by atoms with Crippen molar-refractivity contribution in [2.24, 2.45) is 11.5 Å². The molecule has 170 valence electrons. The summed E-state index contributed by atoms with van der Waals surface area (Å²) >= 11 is 0. The van der Waals surface area contributed by atoms with E-state index in [4.69, 9.17) is 26.8 Å². The van der Waals surface area contributed by atoms with Crippen molar-refractivity contribution in [3.63, 3.8) is 0 Å². The predicted octanol–water partition coefficient (Wildman–Crippen LogP) is -5.42. The Morgan fingerprint density at radius 2 is 1.40 bits per heavy atom. The molecule has 0 aliphatic rings. The number of aliphatic carboxylic acids is 2. The Labute approximate surface area is 169 Å². The molecule has 0 spiro atoms. The Hall–Kier alpha value is -3.30. The third-order valence-electron chi connectivity index (χ3n) is 3.63. The minimum atomic E-state index is -1.73. The number of amides is 4. The summed E-state index contributed by atoms with van der Waals surface area (Å²) in [5.74, 6) is -7.44. The van der Waals surface area contributed by atoms with Crippen LogP contribution in [0, 0.1) is 0 Å². The molecule has 15 heteroatoms. The third-order valence-corrected chi connectivity index (χ3v) is 3.63. The molecule has 0 fully saturated rings. The maximum Gasteiger partial charge on any atom is 0.328 e. The minimum absolute atomic E-state index is 0.750. The summed E-state index contributed by atoms with van der Waals surface area (Å²) < 4.78 is 0. The van der Waals surface area contributed by atoms with Gasteiger partial charge in [-0.15, -0.1) is 0 Å². The number of carboxylic acid groups (broad SMARTS) is 2. The van der Waals surface area contributed by atoms with E-state index in [2.05, 4.69) is 0 Å². The molecule has 4 amide bonds. The number of nitrogens with one attached hydrogen (secondary N) is 3. The summed E-state index contributed by atoms with van der Waals surface area (Å²) in [5.41, 5.74) is 10.4. The molecule has 0 saturated carbocycles. The first kappa shape index (κ1) is 26.7. The van der Waals surface area contributed by atoms with Gasteiger partial charge in [0.25, 0.3) is 0 Å². The zero-order chi connectivity index (χ0) is 23.6. The largest absolute Gasteiger partial charge is 0.481 e. The monoisotopic (exact) mass is 435 g/mol. The molecule has 0 aromatic rings. The molecule has 0 heterocycles. The quantitative estimate of drug-likeness (QED) is 0.132. The number of carbonyl (C=O) groups excluding carboxylic acids is 4. The Bertz CT molecular complexity index is 683. The predicted molar refractivity (Wildman–Crippen MR) is 96.2 cm³/mol. The molecule has 0 aliphatic heterocycles. The van der Waals surface area contributed by atoms with Gasteiger partial charge in [-0.25, -0.2) is 4.79 Å². The first-order valence-corrected chi connectivity index (χ1v) is 8.48. The molecule has 0 unspecified atom stereocenters. The van der Waals surface area contributed by atoms with E-state index in [1.165, 1.54) is 0 Å². The first-order valence-electron chi connectivity index (χ1n) is 8.48. The maximum atomic E-state index is 12.4. The van der Waals surface area contributed by atoms with Crippen molar-refractivity contribution >= 4 is 35.6 Å². The SMILES string of the molecule is C[C@@H](O)[C@H](NC(=O)[C@H](CC(N)=O)NC(=O)[C@@H](N)CC(=O)O)C(=O)N[C@@H](CO)C(=O)O. The van der Waals surface area contributed by atoms with Gasteiger partial charge in [0.05, 0.1) is 31.6 Å². The lowest BCUT2D eigenvalue weighted by Gasteiger charge is -2.25. The highest BCUT2D eigenvalue weighted by atomic mass is 16.4. The second-order valence-corrected chi connectivity index (χ2v) is 6.24. The summed E-state index contributed by atoms with van der Waals surface area (Å²) in [7, 11) is 0. The lowest BCUT2D eigenvalue weighted by Crippen LogP contribution is -2.60. The van der Waals surface area contributed by atoms with Crippen molar-refractivity contribution in [3.05, 3.63) is 0 Å². The van der Waals surface area contributed by atoms with Gasteiger partial charge in [0, 0.05) is 0 Å². The van der Waals surface area contributed by atoms with Crippen molar-refractivity contribution in [2.75, 3.05) is 6.61 Å². The summed E-state index contributed by atoms with van der Waals surface area (Å²) in [4.78, 5) is 69.2. The van der Waals surface area contributed by atoms with Crippen molar-refractivity contribution in [2.45, 2.75) is 50.0 Å². The molecule has 11 N–H and O–H groups in total. The number of hydrogen-bond donors (Lipinski definition) is 9. The van der Waals surface area contributed by atoms with E-state index in [9.17, 15) is 33.9 Å². The van der Waals surface area contributed by atoms with Crippen LogP contribution in [-0.2, 0) is 28.8 Å². The topological polar surface area (TPSA) is 271 Å². The standard InChI is InChI=1S/C15H25N5O10/c1-5(22)11(14(28)19-8(4-21)15(29)30)20-13(27)7(3-9(17)23)18-12(26)6(16)2-10(24)25/h5-8,11,21-22H,2-4,16H2,1H3,(H2,17,23)(H,18,26)(H,19,28)(H,20,27)(H,24,25)(H,29,30)/t5-,6+,7+,8+,11+/m1/s1. The van der Waals surface area contributed by atoms with Crippen LogP contribution in [0.2, 0.25) is 0 Å². The molecule has 0 aliphatic carbocycles. The number of primary amides is 1. The van der Waals surface area contributed by atoms with Crippen LogP contribution in [0.5, 0.6) is 0 Å². The zero-order valence-corrected chi connectivity index (χ0v) is 15.9. The molecule has 0 bridgehead atoms. The number of aliphatic hydroxyl groups excluding tert-OH is 2. The highest BCUT2D eigenvalue weighted by Gasteiger charge is 2.33. The summed E-state index contributed by atoms with van der Waals surface area (Å²) in [5, 5.41) is 42.1. The highest BCUT2D eigenvalue weighted by Crippen LogP contribution is 2.01. The number of hydrogen-bond acceptors (Lipinski definition) is 9. The highest BCUT2D eigenvalue weighted by molar-refractivity contribution is 5.96. The first-order chi connectivity index (χ1) is 13.8. The molecule has 0 aromatic carbocycles. The Kier molecular flexibility index (Phi) is 10.9. The lowest BCUT2D eigenvalue weighted by atomic mass is 10.1. The number of rotatable bonds is 13.